The van der Waals surface area contributed by atoms with Crippen LogP contribution >= 0.6 is 27.5 Å². The van der Waals surface area contributed by atoms with Gasteiger partial charge in [0.1, 0.15) is 6.04 Å². The van der Waals surface area contributed by atoms with Gasteiger partial charge >= 0.3 is 0 Å². The maximum atomic E-state index is 11.6. The Morgan fingerprint density at radius 3 is 2.87 bits per heavy atom. The molecule has 0 spiro atoms. The van der Waals surface area contributed by atoms with Crippen molar-refractivity contribution in [1.82, 2.24) is 10.6 Å². The molecule has 0 saturated carbocycles. The van der Waals surface area contributed by atoms with E-state index in [0.717, 1.165) is 16.6 Å². The van der Waals surface area contributed by atoms with Crippen LogP contribution in [0.15, 0.2) is 22.7 Å². The van der Waals surface area contributed by atoms with Gasteiger partial charge in [0.15, 0.2) is 0 Å². The van der Waals surface area contributed by atoms with Gasteiger partial charge in [0.2, 0.25) is 5.91 Å². The minimum absolute atomic E-state index is 0.00396. The van der Waals surface area contributed by atoms with Gasteiger partial charge in [-0.25, -0.2) is 0 Å². The van der Waals surface area contributed by atoms with E-state index in [4.69, 9.17) is 11.6 Å². The number of nitrogens with one attached hydrogen (secondary N) is 2. The molecular formula is C10H10BrClN2O. The molecule has 0 radical (unpaired) electrons. The third-order valence-corrected chi connectivity index (χ3v) is 3.23. The normalized spacial score (nSPS) is 21.2. The third kappa shape index (κ3) is 2.33. The number of halogens is 2. The van der Waals surface area contributed by atoms with Crippen LogP contribution in [0.25, 0.3) is 0 Å². The predicted molar refractivity (Wildman–Crippen MR) is 62.9 cm³/mol. The molecule has 0 bridgehead atoms. The molecule has 3 nitrogen and oxygen atoms in total. The van der Waals surface area contributed by atoms with E-state index < -0.39 is 0 Å². The highest BCUT2D eigenvalue weighted by atomic mass is 79.9. The molecule has 80 valence electrons. The second-order valence-corrected chi connectivity index (χ2v) is 4.63. The number of carbonyl (C=O) groups excluding carboxylic acids is 1. The Labute approximate surface area is 101 Å². The molecule has 1 aromatic rings. The third-order valence-electron chi connectivity index (χ3n) is 2.31. The summed E-state index contributed by atoms with van der Waals surface area (Å²) in [5, 5.41) is 6.63. The number of benzene rings is 1. The van der Waals surface area contributed by atoms with E-state index >= 15 is 0 Å². The van der Waals surface area contributed by atoms with E-state index in [1.807, 2.05) is 6.07 Å². The van der Waals surface area contributed by atoms with Crippen LogP contribution in [0.2, 0.25) is 5.02 Å². The molecule has 1 fully saturated rings. The van der Waals surface area contributed by atoms with Crippen molar-refractivity contribution in [3.8, 4) is 0 Å². The maximum Gasteiger partial charge on any atom is 0.241 e. The highest BCUT2D eigenvalue weighted by Crippen LogP contribution is 2.27. The Bertz CT molecular complexity index is 397. The van der Waals surface area contributed by atoms with Crippen molar-refractivity contribution in [3.05, 3.63) is 33.3 Å². The lowest BCUT2D eigenvalue weighted by molar-refractivity contribution is -0.124. The van der Waals surface area contributed by atoms with Crippen molar-refractivity contribution in [2.45, 2.75) is 6.04 Å². The number of piperazine rings is 1. The number of rotatable bonds is 1. The topological polar surface area (TPSA) is 41.1 Å². The number of carbonyl (C=O) groups is 1. The van der Waals surface area contributed by atoms with E-state index in [2.05, 4.69) is 26.6 Å². The first-order valence-electron chi connectivity index (χ1n) is 4.64. The zero-order valence-electron chi connectivity index (χ0n) is 7.89. The lowest BCUT2D eigenvalue weighted by atomic mass is 10.1. The minimum atomic E-state index is -0.287. The lowest BCUT2D eigenvalue weighted by Gasteiger charge is -2.24. The van der Waals surface area contributed by atoms with Gasteiger partial charge in [0.25, 0.3) is 0 Å². The fourth-order valence-corrected chi connectivity index (χ4v) is 2.50. The summed E-state index contributed by atoms with van der Waals surface area (Å²) in [7, 11) is 0. The van der Waals surface area contributed by atoms with Crippen molar-refractivity contribution in [2.24, 2.45) is 0 Å². The molecule has 1 aliphatic rings. The van der Waals surface area contributed by atoms with Gasteiger partial charge in [-0.05, 0) is 17.7 Å². The fourth-order valence-electron chi connectivity index (χ4n) is 1.58. The van der Waals surface area contributed by atoms with Crippen LogP contribution in [0.5, 0.6) is 0 Å². The number of hydrogen-bond acceptors (Lipinski definition) is 2. The Kier molecular flexibility index (Phi) is 3.29. The van der Waals surface area contributed by atoms with Crippen molar-refractivity contribution in [2.75, 3.05) is 13.1 Å². The highest BCUT2D eigenvalue weighted by Gasteiger charge is 2.24. The Morgan fingerprint density at radius 2 is 2.20 bits per heavy atom. The number of hydrogen-bond donors (Lipinski definition) is 2. The average molecular weight is 290 g/mol. The first-order chi connectivity index (χ1) is 7.18. The monoisotopic (exact) mass is 288 g/mol. The van der Waals surface area contributed by atoms with Gasteiger partial charge in [0, 0.05) is 22.6 Å². The van der Waals surface area contributed by atoms with E-state index in [1.165, 1.54) is 0 Å². The van der Waals surface area contributed by atoms with Gasteiger partial charge in [-0.3, -0.25) is 4.79 Å². The van der Waals surface area contributed by atoms with Gasteiger partial charge in [-0.1, -0.05) is 33.6 Å². The maximum absolute atomic E-state index is 11.6. The Balaban J connectivity index is 2.31. The van der Waals surface area contributed by atoms with Crippen LogP contribution < -0.4 is 10.6 Å². The van der Waals surface area contributed by atoms with Crippen LogP contribution in [0.3, 0.4) is 0 Å². The highest BCUT2D eigenvalue weighted by molar-refractivity contribution is 9.10. The summed E-state index contributed by atoms with van der Waals surface area (Å²) >= 11 is 9.25. The smallest absolute Gasteiger partial charge is 0.241 e. The van der Waals surface area contributed by atoms with Crippen molar-refractivity contribution < 1.29 is 4.79 Å². The first-order valence-corrected chi connectivity index (χ1v) is 5.81. The van der Waals surface area contributed by atoms with E-state index in [-0.39, 0.29) is 11.9 Å². The summed E-state index contributed by atoms with van der Waals surface area (Å²) in [6.45, 7) is 1.46. The van der Waals surface area contributed by atoms with Crippen LogP contribution in [0, 0.1) is 0 Å². The molecule has 0 aliphatic carbocycles. The van der Waals surface area contributed by atoms with Gasteiger partial charge in [-0.15, -0.1) is 0 Å². The van der Waals surface area contributed by atoms with Gasteiger partial charge in [0.05, 0.1) is 0 Å². The van der Waals surface area contributed by atoms with Crippen LogP contribution in [0.4, 0.5) is 0 Å². The molecule has 5 heteroatoms. The van der Waals surface area contributed by atoms with Gasteiger partial charge in [-0.2, -0.15) is 0 Å². The van der Waals surface area contributed by atoms with Crippen molar-refractivity contribution in [3.63, 3.8) is 0 Å². The van der Waals surface area contributed by atoms with Crippen LogP contribution in [-0.4, -0.2) is 19.0 Å². The molecule has 15 heavy (non-hydrogen) atoms. The molecule has 1 saturated heterocycles. The minimum Gasteiger partial charge on any atom is -0.353 e. The molecule has 1 unspecified atom stereocenters. The molecule has 2 rings (SSSR count). The summed E-state index contributed by atoms with van der Waals surface area (Å²) in [6, 6.07) is 5.14. The van der Waals surface area contributed by atoms with E-state index in [0.29, 0.717) is 11.6 Å². The molecular weight excluding hydrogens is 279 g/mol. The van der Waals surface area contributed by atoms with Crippen molar-refractivity contribution in [1.29, 1.82) is 0 Å². The molecule has 1 heterocycles. The lowest BCUT2D eigenvalue weighted by Crippen LogP contribution is -2.47. The van der Waals surface area contributed by atoms with Crippen LogP contribution in [0.1, 0.15) is 11.6 Å². The van der Waals surface area contributed by atoms with E-state index in [1.54, 1.807) is 12.1 Å². The summed E-state index contributed by atoms with van der Waals surface area (Å²) < 4.78 is 0.851. The fraction of sp³-hybridized carbons (Fsp3) is 0.300. The van der Waals surface area contributed by atoms with E-state index in [9.17, 15) is 4.79 Å². The largest absolute Gasteiger partial charge is 0.353 e. The molecule has 1 amide bonds. The van der Waals surface area contributed by atoms with Crippen molar-refractivity contribution >= 4 is 33.4 Å². The summed E-state index contributed by atoms with van der Waals surface area (Å²) in [5.74, 6) is 0.00396. The summed E-state index contributed by atoms with van der Waals surface area (Å²) in [5.41, 5.74) is 0.914. The second kappa shape index (κ2) is 4.51. The SMILES string of the molecule is O=C1NCCNC1c1ccc(Cl)cc1Br. The summed E-state index contributed by atoms with van der Waals surface area (Å²) in [6.07, 6.45) is 0. The molecule has 1 atom stereocenters. The molecule has 1 aromatic carbocycles. The molecule has 0 aromatic heterocycles. The first kappa shape index (κ1) is 10.9. The van der Waals surface area contributed by atoms with Gasteiger partial charge < -0.3 is 10.6 Å². The molecule has 2 N–H and O–H groups in total. The zero-order valence-corrected chi connectivity index (χ0v) is 10.2. The standard InChI is InChI=1S/C10H10BrClN2O/c11-8-5-6(12)1-2-7(8)9-10(15)14-4-3-13-9/h1-2,5,9,13H,3-4H2,(H,14,15). The second-order valence-electron chi connectivity index (χ2n) is 3.34. The quantitative estimate of drug-likeness (QED) is 0.828. The zero-order chi connectivity index (χ0) is 10.8. The Hall–Kier alpha value is -0.580. The Morgan fingerprint density at radius 1 is 1.40 bits per heavy atom. The van der Waals surface area contributed by atoms with Crippen LogP contribution in [-0.2, 0) is 4.79 Å². The number of amides is 1. The average Bonchev–Trinajstić information content (AvgIpc) is 2.20. The molecule has 1 aliphatic heterocycles. The predicted octanol–water partition coefficient (Wildman–Crippen LogP) is 1.86. The summed E-state index contributed by atoms with van der Waals surface area (Å²) in [4.78, 5) is 11.6.